The SMILES string of the molecule is CC[n+]1cnc2[c-]1N[CH-]C=C2c1ccccc1. The number of benzene rings is 1. The Morgan fingerprint density at radius 2 is 2.18 bits per heavy atom. The van der Waals surface area contributed by atoms with E-state index in [9.17, 15) is 0 Å². The van der Waals surface area contributed by atoms with Crippen LogP contribution in [0.2, 0.25) is 0 Å². The van der Waals surface area contributed by atoms with Crippen molar-refractivity contribution in [2.45, 2.75) is 13.5 Å². The second-order valence-corrected chi connectivity index (χ2v) is 3.99. The summed E-state index contributed by atoms with van der Waals surface area (Å²) in [6.45, 7) is 5.01. The molecule has 2 aromatic rings. The van der Waals surface area contributed by atoms with Crippen LogP contribution >= 0.6 is 0 Å². The molecule has 0 aliphatic carbocycles. The minimum Gasteiger partial charge on any atom is -0.410 e. The number of rotatable bonds is 2. The van der Waals surface area contributed by atoms with Crippen molar-refractivity contribution in [3.05, 3.63) is 60.5 Å². The maximum absolute atomic E-state index is 4.50. The Balaban J connectivity index is 2.09. The van der Waals surface area contributed by atoms with Gasteiger partial charge >= 0.3 is 0 Å². The molecule has 0 unspecified atom stereocenters. The van der Waals surface area contributed by atoms with Crippen molar-refractivity contribution < 1.29 is 4.57 Å². The summed E-state index contributed by atoms with van der Waals surface area (Å²) in [5, 5.41) is 3.26. The highest BCUT2D eigenvalue weighted by atomic mass is 15.2. The van der Waals surface area contributed by atoms with Crippen molar-refractivity contribution >= 4 is 11.4 Å². The molecule has 0 fully saturated rings. The van der Waals surface area contributed by atoms with Crippen LogP contribution in [0.3, 0.4) is 0 Å². The molecule has 3 heteroatoms. The lowest BCUT2D eigenvalue weighted by Crippen LogP contribution is -2.33. The number of nitrogens with zero attached hydrogens (tertiary/aromatic N) is 2. The normalized spacial score (nSPS) is 13.4. The zero-order chi connectivity index (χ0) is 11.7. The van der Waals surface area contributed by atoms with Crippen molar-refractivity contribution in [3.8, 4) is 0 Å². The van der Waals surface area contributed by atoms with Crippen LogP contribution in [0.4, 0.5) is 5.82 Å². The Labute approximate surface area is 101 Å². The quantitative estimate of drug-likeness (QED) is 0.625. The Morgan fingerprint density at radius 1 is 1.35 bits per heavy atom. The number of fused-ring (bicyclic) bond motifs is 1. The van der Waals surface area contributed by atoms with E-state index < -0.39 is 0 Å². The number of aryl methyl sites for hydroxylation is 1. The summed E-state index contributed by atoms with van der Waals surface area (Å²) in [5.74, 6) is 1.08. The molecule has 1 aliphatic rings. The van der Waals surface area contributed by atoms with Gasteiger partial charge in [-0.15, -0.1) is 5.57 Å². The van der Waals surface area contributed by atoms with E-state index in [-0.39, 0.29) is 0 Å². The van der Waals surface area contributed by atoms with E-state index in [0.717, 1.165) is 18.1 Å². The summed E-state index contributed by atoms with van der Waals surface area (Å²) in [6.07, 6.45) is 3.96. The largest absolute Gasteiger partial charge is 0.410 e. The number of aromatic nitrogens is 2. The Bertz CT molecular complexity index is 552. The number of hydrogen-bond acceptors (Lipinski definition) is 2. The van der Waals surface area contributed by atoms with Crippen molar-refractivity contribution in [2.75, 3.05) is 5.32 Å². The van der Waals surface area contributed by atoms with Crippen molar-refractivity contribution in [1.29, 1.82) is 0 Å². The molecule has 3 nitrogen and oxygen atoms in total. The topological polar surface area (TPSA) is 28.8 Å². The third-order valence-electron chi connectivity index (χ3n) is 2.99. The maximum atomic E-state index is 4.50. The molecule has 0 saturated carbocycles. The fourth-order valence-electron chi connectivity index (χ4n) is 2.10. The van der Waals surface area contributed by atoms with Gasteiger partial charge in [0.05, 0.1) is 5.69 Å². The standard InChI is InChI=1S/C14H14N3/c1-2-17-10-16-13-12(8-9-15-14(13)17)11-6-4-3-5-7-11/h3-10,15H,2H2,1H3/q-1. The molecule has 0 radical (unpaired) electrons. The highest BCUT2D eigenvalue weighted by Crippen LogP contribution is 2.29. The van der Waals surface area contributed by atoms with E-state index in [1.54, 1.807) is 0 Å². The Morgan fingerprint density at radius 3 is 2.94 bits per heavy atom. The molecule has 0 spiro atoms. The number of imidazole rings is 1. The van der Waals surface area contributed by atoms with E-state index in [2.05, 4.69) is 52.1 Å². The Hall–Kier alpha value is -2.16. The summed E-state index contributed by atoms with van der Waals surface area (Å²) in [7, 11) is 0. The summed E-state index contributed by atoms with van der Waals surface area (Å²) in [6, 6.07) is 10.4. The predicted octanol–water partition coefficient (Wildman–Crippen LogP) is 2.13. The van der Waals surface area contributed by atoms with Gasteiger partial charge in [-0.25, -0.2) is 4.98 Å². The first-order valence-corrected chi connectivity index (χ1v) is 5.81. The third kappa shape index (κ3) is 1.60. The van der Waals surface area contributed by atoms with Crippen LogP contribution in [0.5, 0.6) is 0 Å². The molecule has 1 aliphatic heterocycles. The minimum atomic E-state index is 0.922. The van der Waals surface area contributed by atoms with Crippen LogP contribution in [-0.4, -0.2) is 4.98 Å². The molecule has 0 bridgehead atoms. The number of anilines is 1. The van der Waals surface area contributed by atoms with E-state index in [4.69, 9.17) is 0 Å². The molecule has 1 aromatic heterocycles. The molecule has 1 aromatic carbocycles. The van der Waals surface area contributed by atoms with E-state index in [1.807, 2.05) is 18.9 Å². The van der Waals surface area contributed by atoms with Crippen LogP contribution in [0.1, 0.15) is 18.2 Å². The third-order valence-corrected chi connectivity index (χ3v) is 2.99. The van der Waals surface area contributed by atoms with Gasteiger partial charge < -0.3 is 9.88 Å². The van der Waals surface area contributed by atoms with E-state index in [1.165, 1.54) is 11.1 Å². The van der Waals surface area contributed by atoms with Crippen molar-refractivity contribution in [3.63, 3.8) is 0 Å². The van der Waals surface area contributed by atoms with Gasteiger partial charge in [0.15, 0.2) is 0 Å². The second-order valence-electron chi connectivity index (χ2n) is 3.99. The summed E-state index contributed by atoms with van der Waals surface area (Å²) >= 11 is 0. The average molecular weight is 224 g/mol. The smallest absolute Gasteiger partial charge is 0.135 e. The molecule has 3 rings (SSSR count). The first kappa shape index (κ1) is 10.0. The van der Waals surface area contributed by atoms with Crippen LogP contribution in [0.15, 0.2) is 42.7 Å². The zero-order valence-corrected chi connectivity index (χ0v) is 9.72. The van der Waals surface area contributed by atoms with Crippen LogP contribution in [0.25, 0.3) is 5.57 Å². The maximum Gasteiger partial charge on any atom is 0.135 e. The molecule has 0 atom stereocenters. The number of hydrogen-bond donors (Lipinski definition) is 1. The lowest BCUT2D eigenvalue weighted by Gasteiger charge is -2.23. The average Bonchev–Trinajstić information content (AvgIpc) is 2.82. The first-order valence-electron chi connectivity index (χ1n) is 5.81. The van der Waals surface area contributed by atoms with Gasteiger partial charge in [-0.2, -0.15) is 6.08 Å². The van der Waals surface area contributed by atoms with Gasteiger partial charge in [0.2, 0.25) is 0 Å². The van der Waals surface area contributed by atoms with Crippen LogP contribution in [0, 0.1) is 6.54 Å². The van der Waals surface area contributed by atoms with E-state index >= 15 is 0 Å². The van der Waals surface area contributed by atoms with Gasteiger partial charge in [-0.05, 0) is 6.92 Å². The van der Waals surface area contributed by atoms with Gasteiger partial charge in [-0.1, -0.05) is 42.4 Å². The Kier molecular flexibility index (Phi) is 2.37. The predicted molar refractivity (Wildman–Crippen MR) is 67.1 cm³/mol. The summed E-state index contributed by atoms with van der Waals surface area (Å²) in [4.78, 5) is 4.50. The monoisotopic (exact) mass is 224 g/mol. The lowest BCUT2D eigenvalue weighted by atomic mass is 10.0. The van der Waals surface area contributed by atoms with Crippen LogP contribution < -0.4 is 9.88 Å². The fraction of sp³-hybridized carbons (Fsp3) is 0.143. The molecular formula is C14H14N3-. The molecule has 0 amide bonds. The van der Waals surface area contributed by atoms with Crippen LogP contribution in [-0.2, 0) is 6.54 Å². The van der Waals surface area contributed by atoms with Gasteiger partial charge in [0, 0.05) is 6.54 Å². The highest BCUT2D eigenvalue weighted by Gasteiger charge is 2.13. The van der Waals surface area contributed by atoms with Gasteiger partial charge in [-0.3, -0.25) is 0 Å². The van der Waals surface area contributed by atoms with Crippen molar-refractivity contribution in [2.24, 2.45) is 0 Å². The summed E-state index contributed by atoms with van der Waals surface area (Å²) < 4.78 is 2.11. The lowest BCUT2D eigenvalue weighted by molar-refractivity contribution is -0.678. The molecule has 0 saturated heterocycles. The molecule has 86 valence electrons. The minimum absolute atomic E-state index is 0.922. The molecule has 1 N–H and O–H groups in total. The highest BCUT2D eigenvalue weighted by molar-refractivity contribution is 5.85. The molecule has 17 heavy (non-hydrogen) atoms. The second kappa shape index (κ2) is 4.01. The zero-order valence-electron chi connectivity index (χ0n) is 9.72. The molecule has 2 heterocycles. The molecular weight excluding hydrogens is 210 g/mol. The van der Waals surface area contributed by atoms with Crippen molar-refractivity contribution in [1.82, 2.24) is 4.98 Å². The van der Waals surface area contributed by atoms with Gasteiger partial charge in [0.1, 0.15) is 12.1 Å². The van der Waals surface area contributed by atoms with E-state index in [0.29, 0.717) is 0 Å². The fourth-order valence-corrected chi connectivity index (χ4v) is 2.10. The van der Waals surface area contributed by atoms with Gasteiger partial charge in [0.25, 0.3) is 0 Å². The first-order chi connectivity index (χ1) is 8.40. The number of nitrogens with one attached hydrogen (secondary N) is 1. The summed E-state index contributed by atoms with van der Waals surface area (Å²) in [5.41, 5.74) is 3.40.